The molecule has 1 rings (SSSR count). The zero-order valence-electron chi connectivity index (χ0n) is 21.4. The Labute approximate surface area is 225 Å². The molecular formula is C24H37N7O8. The summed E-state index contributed by atoms with van der Waals surface area (Å²) in [6, 6.07) is 0.812. The summed E-state index contributed by atoms with van der Waals surface area (Å²) in [6.45, 7) is 0.336. The number of hydrogen-bond donors (Lipinski definition) is 9. The number of carboxylic acid groups (broad SMARTS) is 1. The number of amides is 5. The van der Waals surface area contributed by atoms with Crippen molar-refractivity contribution in [2.45, 2.75) is 69.1 Å². The molecule has 1 aromatic carbocycles. The van der Waals surface area contributed by atoms with Gasteiger partial charge in [0.05, 0.1) is 12.5 Å². The molecule has 13 N–H and O–H groups in total. The standard InChI is InChI=1S/C24H37N7O8/c25-10-2-1-3-16(29-21(35)15(26)11-13-4-6-14(32)7-5-13)22(36)30-17(8-9-19(27)33)23(37)31-18(24(38)39)12-20(28)34/h4-7,15-18,32H,1-3,8-12,25-26H2,(H2,27,33)(H2,28,34)(H,29,35)(H,30,36)(H,31,37)(H,38,39). The zero-order valence-corrected chi connectivity index (χ0v) is 21.4. The third-order valence-electron chi connectivity index (χ3n) is 5.64. The molecule has 0 bridgehead atoms. The summed E-state index contributed by atoms with van der Waals surface area (Å²) < 4.78 is 0. The van der Waals surface area contributed by atoms with Gasteiger partial charge in [-0.3, -0.25) is 24.0 Å². The highest BCUT2D eigenvalue weighted by Crippen LogP contribution is 2.11. The van der Waals surface area contributed by atoms with Crippen molar-refractivity contribution in [2.75, 3.05) is 6.54 Å². The van der Waals surface area contributed by atoms with Crippen molar-refractivity contribution >= 4 is 35.5 Å². The molecule has 0 heterocycles. The number of benzene rings is 1. The van der Waals surface area contributed by atoms with Crippen molar-refractivity contribution in [3.8, 4) is 5.75 Å². The second kappa shape index (κ2) is 16.6. The smallest absolute Gasteiger partial charge is 0.326 e. The van der Waals surface area contributed by atoms with Gasteiger partial charge in [-0.1, -0.05) is 12.1 Å². The van der Waals surface area contributed by atoms with E-state index in [1.807, 2.05) is 0 Å². The van der Waals surface area contributed by atoms with Gasteiger partial charge in [0.25, 0.3) is 0 Å². The highest BCUT2D eigenvalue weighted by atomic mass is 16.4. The Morgan fingerprint density at radius 3 is 1.82 bits per heavy atom. The summed E-state index contributed by atoms with van der Waals surface area (Å²) in [7, 11) is 0. The van der Waals surface area contributed by atoms with Crippen LogP contribution in [0.5, 0.6) is 5.75 Å². The van der Waals surface area contributed by atoms with Crippen LogP contribution in [0.25, 0.3) is 0 Å². The van der Waals surface area contributed by atoms with Crippen molar-refractivity contribution in [1.82, 2.24) is 16.0 Å². The minimum absolute atomic E-state index is 0.0487. The maximum atomic E-state index is 13.1. The van der Waals surface area contributed by atoms with Crippen LogP contribution < -0.4 is 38.9 Å². The SMILES string of the molecule is NCCCCC(NC(=O)C(N)Cc1ccc(O)cc1)C(=O)NC(CCC(N)=O)C(=O)NC(CC(N)=O)C(=O)O. The Hall–Kier alpha value is -4.24. The number of unbranched alkanes of at least 4 members (excludes halogenated alkanes) is 1. The first-order valence-corrected chi connectivity index (χ1v) is 12.3. The lowest BCUT2D eigenvalue weighted by atomic mass is 10.0. The van der Waals surface area contributed by atoms with Gasteiger partial charge in [0, 0.05) is 6.42 Å². The molecule has 0 aliphatic rings. The molecule has 39 heavy (non-hydrogen) atoms. The van der Waals surface area contributed by atoms with E-state index >= 15 is 0 Å². The van der Waals surface area contributed by atoms with E-state index in [-0.39, 0.29) is 31.4 Å². The van der Waals surface area contributed by atoms with Crippen LogP contribution in [0, 0.1) is 0 Å². The lowest BCUT2D eigenvalue weighted by Crippen LogP contribution is -2.57. The topological polar surface area (TPSA) is 283 Å². The quantitative estimate of drug-likeness (QED) is 0.0837. The maximum absolute atomic E-state index is 13.1. The van der Waals surface area contributed by atoms with E-state index in [1.165, 1.54) is 12.1 Å². The molecular weight excluding hydrogens is 514 g/mol. The van der Waals surface area contributed by atoms with Gasteiger partial charge in [0.1, 0.15) is 23.9 Å². The van der Waals surface area contributed by atoms with Gasteiger partial charge in [-0.2, -0.15) is 0 Å². The Morgan fingerprint density at radius 1 is 0.769 bits per heavy atom. The van der Waals surface area contributed by atoms with E-state index in [9.17, 15) is 39.0 Å². The van der Waals surface area contributed by atoms with Gasteiger partial charge < -0.3 is 49.1 Å². The fourth-order valence-corrected chi connectivity index (χ4v) is 3.52. The van der Waals surface area contributed by atoms with E-state index in [4.69, 9.17) is 22.9 Å². The first kappa shape index (κ1) is 32.8. The average molecular weight is 552 g/mol. The molecule has 0 aliphatic heterocycles. The normalized spacial score (nSPS) is 13.8. The second-order valence-corrected chi connectivity index (χ2v) is 8.96. The monoisotopic (exact) mass is 551 g/mol. The fraction of sp³-hybridized carbons (Fsp3) is 0.500. The van der Waals surface area contributed by atoms with Gasteiger partial charge in [-0.15, -0.1) is 0 Å². The molecule has 0 spiro atoms. The van der Waals surface area contributed by atoms with Gasteiger partial charge >= 0.3 is 5.97 Å². The molecule has 0 radical (unpaired) electrons. The number of nitrogens with two attached hydrogens (primary N) is 4. The summed E-state index contributed by atoms with van der Waals surface area (Å²) in [6.07, 6.45) is -0.0622. The van der Waals surface area contributed by atoms with Crippen molar-refractivity contribution in [3.05, 3.63) is 29.8 Å². The van der Waals surface area contributed by atoms with Gasteiger partial charge in [-0.25, -0.2) is 4.79 Å². The summed E-state index contributed by atoms with van der Waals surface area (Å²) in [5.41, 5.74) is 22.4. The molecule has 4 unspecified atom stereocenters. The highest BCUT2D eigenvalue weighted by molar-refractivity contribution is 5.95. The summed E-state index contributed by atoms with van der Waals surface area (Å²) in [5, 5.41) is 25.8. The molecule has 15 heteroatoms. The predicted molar refractivity (Wildman–Crippen MR) is 138 cm³/mol. The van der Waals surface area contributed by atoms with Crippen LogP contribution in [0.3, 0.4) is 0 Å². The molecule has 0 saturated heterocycles. The molecule has 0 fully saturated rings. The van der Waals surface area contributed by atoms with Crippen LogP contribution >= 0.6 is 0 Å². The largest absolute Gasteiger partial charge is 0.508 e. The number of hydrogen-bond acceptors (Lipinski definition) is 9. The van der Waals surface area contributed by atoms with Crippen molar-refractivity contribution in [1.29, 1.82) is 0 Å². The predicted octanol–water partition coefficient (Wildman–Crippen LogP) is -2.93. The molecule has 0 aromatic heterocycles. The molecule has 216 valence electrons. The number of phenolic OH excluding ortho intramolecular Hbond substituents is 1. The van der Waals surface area contributed by atoms with E-state index in [0.717, 1.165) is 0 Å². The number of aliphatic carboxylic acids is 1. The van der Waals surface area contributed by atoms with Crippen LogP contribution in [0.4, 0.5) is 0 Å². The van der Waals surface area contributed by atoms with Gasteiger partial charge in [0.15, 0.2) is 0 Å². The summed E-state index contributed by atoms with van der Waals surface area (Å²) in [4.78, 5) is 72.6. The number of carbonyl (C=O) groups excluding carboxylic acids is 5. The van der Waals surface area contributed by atoms with Crippen LogP contribution in [0.2, 0.25) is 0 Å². The fourth-order valence-electron chi connectivity index (χ4n) is 3.52. The molecule has 4 atom stereocenters. The highest BCUT2D eigenvalue weighted by Gasteiger charge is 2.31. The third kappa shape index (κ3) is 12.7. The van der Waals surface area contributed by atoms with Gasteiger partial charge in [-0.05, 0) is 56.3 Å². The minimum atomic E-state index is -1.67. The maximum Gasteiger partial charge on any atom is 0.326 e. The number of carboxylic acids is 1. The van der Waals surface area contributed by atoms with Crippen molar-refractivity contribution in [3.63, 3.8) is 0 Å². The van der Waals surface area contributed by atoms with Gasteiger partial charge in [0.2, 0.25) is 29.5 Å². The first-order chi connectivity index (χ1) is 18.3. The van der Waals surface area contributed by atoms with Crippen LogP contribution in [-0.2, 0) is 35.2 Å². The molecule has 0 saturated carbocycles. The first-order valence-electron chi connectivity index (χ1n) is 12.3. The average Bonchev–Trinajstić information content (AvgIpc) is 2.86. The van der Waals surface area contributed by atoms with Crippen LogP contribution in [-0.4, -0.2) is 76.4 Å². The van der Waals surface area contributed by atoms with E-state index < -0.39 is 66.1 Å². The third-order valence-corrected chi connectivity index (χ3v) is 5.64. The Kier molecular flexibility index (Phi) is 13.9. The molecule has 15 nitrogen and oxygen atoms in total. The summed E-state index contributed by atoms with van der Waals surface area (Å²) >= 11 is 0. The lowest BCUT2D eigenvalue weighted by Gasteiger charge is -2.25. The summed E-state index contributed by atoms with van der Waals surface area (Å²) in [5.74, 6) is -5.67. The number of nitrogens with one attached hydrogen (secondary N) is 3. The Balaban J connectivity index is 3.02. The van der Waals surface area contributed by atoms with E-state index in [1.54, 1.807) is 12.1 Å². The molecule has 5 amide bonds. The number of aromatic hydroxyl groups is 1. The van der Waals surface area contributed by atoms with Crippen molar-refractivity contribution in [2.24, 2.45) is 22.9 Å². The van der Waals surface area contributed by atoms with E-state index in [0.29, 0.717) is 24.9 Å². The number of phenols is 1. The zero-order chi connectivity index (χ0) is 29.5. The van der Waals surface area contributed by atoms with E-state index in [2.05, 4.69) is 16.0 Å². The lowest BCUT2D eigenvalue weighted by molar-refractivity contribution is -0.144. The molecule has 0 aliphatic carbocycles. The number of rotatable bonds is 18. The molecule has 1 aromatic rings. The number of primary amides is 2. The van der Waals surface area contributed by atoms with Crippen LogP contribution in [0.1, 0.15) is 44.1 Å². The van der Waals surface area contributed by atoms with Crippen molar-refractivity contribution < 1.29 is 39.0 Å². The Bertz CT molecular complexity index is 1020. The second-order valence-electron chi connectivity index (χ2n) is 8.96. The number of carbonyl (C=O) groups is 6. The minimum Gasteiger partial charge on any atom is -0.508 e. The van der Waals surface area contributed by atoms with Crippen LogP contribution in [0.15, 0.2) is 24.3 Å². The Morgan fingerprint density at radius 2 is 1.31 bits per heavy atom.